The van der Waals surface area contributed by atoms with Crippen LogP contribution in [0.15, 0.2) is 18.2 Å². The first-order chi connectivity index (χ1) is 11.0. The summed E-state index contributed by atoms with van der Waals surface area (Å²) in [4.78, 5) is 14.5. The Morgan fingerprint density at radius 2 is 2.04 bits per heavy atom. The van der Waals surface area contributed by atoms with Crippen LogP contribution in [-0.4, -0.2) is 43.1 Å². The van der Waals surface area contributed by atoms with Crippen LogP contribution in [0.3, 0.4) is 0 Å². The summed E-state index contributed by atoms with van der Waals surface area (Å²) in [6, 6.07) is 5.19. The lowest BCUT2D eigenvalue weighted by atomic mass is 9.78. The largest absolute Gasteiger partial charge is 0.479 e. The summed E-state index contributed by atoms with van der Waals surface area (Å²) in [5, 5.41) is 4.22. The number of benzene rings is 1. The normalized spacial score (nSPS) is 21.4. The Labute approximate surface area is 147 Å². The monoisotopic (exact) mass is 356 g/mol. The first kappa shape index (κ1) is 16.9. The Morgan fingerprint density at radius 1 is 1.30 bits per heavy atom. The summed E-state index contributed by atoms with van der Waals surface area (Å²) in [5.74, 6) is 0.468. The van der Waals surface area contributed by atoms with E-state index >= 15 is 0 Å². The topological polar surface area (TPSA) is 41.6 Å². The van der Waals surface area contributed by atoms with Crippen molar-refractivity contribution in [3.8, 4) is 5.75 Å². The van der Waals surface area contributed by atoms with Gasteiger partial charge in [0.25, 0.3) is 5.91 Å². The fraction of sp³-hybridized carbons (Fsp3) is 0.588. The highest BCUT2D eigenvalue weighted by atomic mass is 35.5. The second-order valence-electron chi connectivity index (χ2n) is 6.56. The van der Waals surface area contributed by atoms with Gasteiger partial charge in [0, 0.05) is 19.6 Å². The average molecular weight is 357 g/mol. The van der Waals surface area contributed by atoms with Gasteiger partial charge in [0.15, 0.2) is 6.10 Å². The van der Waals surface area contributed by atoms with Gasteiger partial charge >= 0.3 is 0 Å². The van der Waals surface area contributed by atoms with Crippen molar-refractivity contribution in [2.24, 2.45) is 5.41 Å². The molecule has 23 heavy (non-hydrogen) atoms. The molecule has 0 bridgehead atoms. The number of nitrogens with one attached hydrogen (secondary N) is 1. The number of likely N-dealkylation sites (tertiary alicyclic amines) is 1. The van der Waals surface area contributed by atoms with E-state index in [1.807, 2.05) is 4.90 Å². The molecule has 2 fully saturated rings. The molecule has 3 rings (SSSR count). The molecule has 4 nitrogen and oxygen atoms in total. The Hall–Kier alpha value is -0.970. The molecule has 2 aliphatic rings. The standard InChI is InChI=1S/C17H22Cl2N2O2/c1-12(23-14-4-2-3-13(18)15(14)19)16(22)21-9-6-17(7-10-21)5-8-20-11-17/h2-4,12,20H,5-11H2,1H3. The predicted octanol–water partition coefficient (Wildman–Crippen LogP) is 3.36. The maximum absolute atomic E-state index is 12.6. The fourth-order valence-corrected chi connectivity index (χ4v) is 3.83. The molecule has 0 radical (unpaired) electrons. The van der Waals surface area contributed by atoms with Crippen LogP contribution in [0, 0.1) is 5.41 Å². The number of rotatable bonds is 3. The molecule has 1 spiro atoms. The Balaban J connectivity index is 1.59. The molecule has 1 N–H and O–H groups in total. The zero-order valence-electron chi connectivity index (χ0n) is 13.3. The van der Waals surface area contributed by atoms with Crippen LogP contribution in [0.1, 0.15) is 26.2 Å². The molecule has 1 aromatic rings. The second kappa shape index (κ2) is 6.88. The lowest BCUT2D eigenvalue weighted by molar-refractivity contribution is -0.140. The minimum absolute atomic E-state index is 0.0156. The molecular formula is C17H22Cl2N2O2. The maximum Gasteiger partial charge on any atom is 0.263 e. The van der Waals surface area contributed by atoms with E-state index < -0.39 is 6.10 Å². The van der Waals surface area contributed by atoms with Gasteiger partial charge in [-0.2, -0.15) is 0 Å². The van der Waals surface area contributed by atoms with E-state index in [0.29, 0.717) is 21.2 Å². The molecule has 126 valence electrons. The van der Waals surface area contributed by atoms with Crippen molar-refractivity contribution >= 4 is 29.1 Å². The quantitative estimate of drug-likeness (QED) is 0.902. The third-order valence-electron chi connectivity index (χ3n) is 5.04. The number of amides is 1. The van der Waals surface area contributed by atoms with Crippen molar-refractivity contribution in [3.05, 3.63) is 28.2 Å². The summed E-state index contributed by atoms with van der Waals surface area (Å²) >= 11 is 12.1. The lowest BCUT2D eigenvalue weighted by Gasteiger charge is -2.39. The van der Waals surface area contributed by atoms with Gasteiger partial charge in [-0.25, -0.2) is 0 Å². The van der Waals surface area contributed by atoms with E-state index in [1.54, 1.807) is 25.1 Å². The van der Waals surface area contributed by atoms with Gasteiger partial charge in [0.2, 0.25) is 0 Å². The van der Waals surface area contributed by atoms with Crippen molar-refractivity contribution in [2.45, 2.75) is 32.3 Å². The molecule has 1 unspecified atom stereocenters. The van der Waals surface area contributed by atoms with Gasteiger partial charge in [-0.3, -0.25) is 4.79 Å². The smallest absolute Gasteiger partial charge is 0.263 e. The highest BCUT2D eigenvalue weighted by molar-refractivity contribution is 6.42. The predicted molar refractivity (Wildman–Crippen MR) is 92.3 cm³/mol. The van der Waals surface area contributed by atoms with Crippen molar-refractivity contribution in [1.82, 2.24) is 10.2 Å². The third kappa shape index (κ3) is 3.59. The minimum Gasteiger partial charge on any atom is -0.479 e. The second-order valence-corrected chi connectivity index (χ2v) is 7.35. The fourth-order valence-electron chi connectivity index (χ4n) is 3.50. The van der Waals surface area contributed by atoms with E-state index in [9.17, 15) is 4.79 Å². The molecule has 1 amide bonds. The zero-order chi connectivity index (χ0) is 16.4. The molecule has 0 aromatic heterocycles. The van der Waals surface area contributed by atoms with Crippen molar-refractivity contribution in [3.63, 3.8) is 0 Å². The summed E-state index contributed by atoms with van der Waals surface area (Å²) in [6.07, 6.45) is 2.79. The Morgan fingerprint density at radius 3 is 2.70 bits per heavy atom. The van der Waals surface area contributed by atoms with Gasteiger partial charge in [-0.15, -0.1) is 0 Å². The van der Waals surface area contributed by atoms with Gasteiger partial charge in [-0.05, 0) is 50.3 Å². The summed E-state index contributed by atoms with van der Waals surface area (Å²) in [5.41, 5.74) is 0.400. The number of ether oxygens (including phenoxy) is 1. The number of hydrogen-bond donors (Lipinski definition) is 1. The molecule has 0 aliphatic carbocycles. The van der Waals surface area contributed by atoms with E-state index in [0.717, 1.165) is 39.0 Å². The van der Waals surface area contributed by atoms with Crippen LogP contribution < -0.4 is 10.1 Å². The van der Waals surface area contributed by atoms with Gasteiger partial charge in [-0.1, -0.05) is 29.3 Å². The van der Waals surface area contributed by atoms with Crippen LogP contribution in [0.2, 0.25) is 10.0 Å². The van der Waals surface area contributed by atoms with E-state index in [1.165, 1.54) is 6.42 Å². The molecule has 2 aliphatic heterocycles. The number of hydrogen-bond acceptors (Lipinski definition) is 3. The van der Waals surface area contributed by atoms with Crippen LogP contribution >= 0.6 is 23.2 Å². The number of piperidine rings is 1. The lowest BCUT2D eigenvalue weighted by Crippen LogP contribution is -2.48. The first-order valence-corrected chi connectivity index (χ1v) is 8.87. The van der Waals surface area contributed by atoms with Crippen molar-refractivity contribution in [1.29, 1.82) is 0 Å². The van der Waals surface area contributed by atoms with Gasteiger partial charge in [0.1, 0.15) is 10.8 Å². The summed E-state index contributed by atoms with van der Waals surface area (Å²) in [7, 11) is 0. The molecule has 6 heteroatoms. The van der Waals surface area contributed by atoms with Crippen LogP contribution in [0.25, 0.3) is 0 Å². The number of carbonyl (C=O) groups excluding carboxylic acids is 1. The SMILES string of the molecule is CC(Oc1cccc(Cl)c1Cl)C(=O)N1CCC2(CCNC2)CC1. The van der Waals surface area contributed by atoms with Crippen molar-refractivity contribution in [2.75, 3.05) is 26.2 Å². The molecule has 1 aromatic carbocycles. The molecule has 2 heterocycles. The van der Waals surface area contributed by atoms with E-state index in [-0.39, 0.29) is 5.91 Å². The highest BCUT2D eigenvalue weighted by Gasteiger charge is 2.38. The van der Waals surface area contributed by atoms with Crippen LogP contribution in [0.4, 0.5) is 0 Å². The Kier molecular flexibility index (Phi) is 5.04. The minimum atomic E-state index is -0.568. The van der Waals surface area contributed by atoms with Crippen LogP contribution in [0.5, 0.6) is 5.75 Å². The number of carbonyl (C=O) groups is 1. The highest BCUT2D eigenvalue weighted by Crippen LogP contribution is 2.37. The summed E-state index contributed by atoms with van der Waals surface area (Å²) < 4.78 is 5.74. The van der Waals surface area contributed by atoms with Crippen LogP contribution in [-0.2, 0) is 4.79 Å². The molecular weight excluding hydrogens is 335 g/mol. The zero-order valence-corrected chi connectivity index (χ0v) is 14.8. The molecule has 2 saturated heterocycles. The maximum atomic E-state index is 12.6. The average Bonchev–Trinajstić information content (AvgIpc) is 3.00. The van der Waals surface area contributed by atoms with Crippen molar-refractivity contribution < 1.29 is 9.53 Å². The first-order valence-electron chi connectivity index (χ1n) is 8.11. The molecule has 1 atom stereocenters. The molecule has 0 saturated carbocycles. The summed E-state index contributed by atoms with van der Waals surface area (Å²) in [6.45, 7) is 5.55. The number of halogens is 2. The number of nitrogens with zero attached hydrogens (tertiary/aromatic N) is 1. The Bertz CT molecular complexity index is 578. The van der Waals surface area contributed by atoms with Gasteiger partial charge in [0.05, 0.1) is 5.02 Å². The van der Waals surface area contributed by atoms with Gasteiger partial charge < -0.3 is 15.0 Å². The van der Waals surface area contributed by atoms with E-state index in [4.69, 9.17) is 27.9 Å². The third-order valence-corrected chi connectivity index (χ3v) is 5.84. The van der Waals surface area contributed by atoms with E-state index in [2.05, 4.69) is 5.32 Å².